The average molecular weight is 236 g/mol. The van der Waals surface area contributed by atoms with E-state index in [1.165, 1.54) is 0 Å². The SMILES string of the molecule is COc1ccc(N(C)CC2(N)CCOC2)cc1. The van der Waals surface area contributed by atoms with E-state index >= 15 is 0 Å². The third-order valence-corrected chi connectivity index (χ3v) is 3.20. The van der Waals surface area contributed by atoms with Crippen LogP contribution in [0.25, 0.3) is 0 Å². The zero-order chi connectivity index (χ0) is 12.3. The van der Waals surface area contributed by atoms with Crippen molar-refractivity contribution < 1.29 is 9.47 Å². The van der Waals surface area contributed by atoms with Gasteiger partial charge in [-0.1, -0.05) is 0 Å². The van der Waals surface area contributed by atoms with Gasteiger partial charge in [-0.05, 0) is 30.7 Å². The largest absolute Gasteiger partial charge is 0.497 e. The lowest BCUT2D eigenvalue weighted by atomic mass is 9.99. The summed E-state index contributed by atoms with van der Waals surface area (Å²) in [6.45, 7) is 2.22. The molecule has 1 saturated heterocycles. The zero-order valence-corrected chi connectivity index (χ0v) is 10.5. The van der Waals surface area contributed by atoms with Gasteiger partial charge in [0.1, 0.15) is 5.75 Å². The summed E-state index contributed by atoms with van der Waals surface area (Å²) in [5.74, 6) is 0.869. The van der Waals surface area contributed by atoms with Gasteiger partial charge >= 0.3 is 0 Å². The Morgan fingerprint density at radius 1 is 1.41 bits per heavy atom. The molecular formula is C13H20N2O2. The Morgan fingerprint density at radius 2 is 2.12 bits per heavy atom. The van der Waals surface area contributed by atoms with Crippen LogP contribution in [0.3, 0.4) is 0 Å². The number of rotatable bonds is 4. The lowest BCUT2D eigenvalue weighted by molar-refractivity contribution is 0.179. The van der Waals surface area contributed by atoms with E-state index in [9.17, 15) is 0 Å². The van der Waals surface area contributed by atoms with Crippen LogP contribution in [0, 0.1) is 0 Å². The quantitative estimate of drug-likeness (QED) is 0.854. The van der Waals surface area contributed by atoms with E-state index in [-0.39, 0.29) is 5.54 Å². The van der Waals surface area contributed by atoms with Crippen molar-refractivity contribution in [2.45, 2.75) is 12.0 Å². The molecule has 1 aromatic rings. The molecule has 4 nitrogen and oxygen atoms in total. The van der Waals surface area contributed by atoms with E-state index in [1.807, 2.05) is 24.3 Å². The Bertz CT molecular complexity index is 358. The Hall–Kier alpha value is -1.26. The normalized spacial score (nSPS) is 23.7. The summed E-state index contributed by atoms with van der Waals surface area (Å²) in [7, 11) is 3.72. The van der Waals surface area contributed by atoms with Crippen molar-refractivity contribution in [2.75, 3.05) is 38.8 Å². The second kappa shape index (κ2) is 4.94. The molecule has 1 aliphatic rings. The summed E-state index contributed by atoms with van der Waals surface area (Å²) in [5, 5.41) is 0. The molecule has 0 aliphatic carbocycles. The first-order valence-corrected chi connectivity index (χ1v) is 5.85. The zero-order valence-electron chi connectivity index (χ0n) is 10.5. The van der Waals surface area contributed by atoms with Crippen molar-refractivity contribution in [1.29, 1.82) is 0 Å². The monoisotopic (exact) mass is 236 g/mol. The minimum Gasteiger partial charge on any atom is -0.497 e. The average Bonchev–Trinajstić information content (AvgIpc) is 2.76. The Labute approximate surface area is 102 Å². The molecule has 94 valence electrons. The summed E-state index contributed by atoms with van der Waals surface area (Å²) >= 11 is 0. The molecule has 0 spiro atoms. The van der Waals surface area contributed by atoms with Crippen molar-refractivity contribution in [1.82, 2.24) is 0 Å². The molecule has 17 heavy (non-hydrogen) atoms. The molecule has 0 amide bonds. The number of likely N-dealkylation sites (N-methyl/N-ethyl adjacent to an activating group) is 1. The molecule has 2 N–H and O–H groups in total. The fourth-order valence-electron chi connectivity index (χ4n) is 2.15. The molecule has 0 aromatic heterocycles. The van der Waals surface area contributed by atoms with E-state index in [0.29, 0.717) is 6.61 Å². The highest BCUT2D eigenvalue weighted by atomic mass is 16.5. The summed E-state index contributed by atoms with van der Waals surface area (Å²) < 4.78 is 10.5. The number of methoxy groups -OCH3 is 1. The van der Waals surface area contributed by atoms with Gasteiger partial charge < -0.3 is 20.1 Å². The molecule has 4 heteroatoms. The van der Waals surface area contributed by atoms with Crippen LogP contribution in [0.2, 0.25) is 0 Å². The first kappa shape index (κ1) is 12.2. The molecule has 1 heterocycles. The van der Waals surface area contributed by atoms with Gasteiger partial charge in [0.15, 0.2) is 0 Å². The number of hydrogen-bond acceptors (Lipinski definition) is 4. The minimum atomic E-state index is -0.214. The highest BCUT2D eigenvalue weighted by Crippen LogP contribution is 2.22. The number of nitrogens with two attached hydrogens (primary N) is 1. The van der Waals surface area contributed by atoms with Crippen LogP contribution in [0.15, 0.2) is 24.3 Å². The maximum absolute atomic E-state index is 6.26. The van der Waals surface area contributed by atoms with E-state index < -0.39 is 0 Å². The summed E-state index contributed by atoms with van der Waals surface area (Å²) in [5.41, 5.74) is 7.19. The summed E-state index contributed by atoms with van der Waals surface area (Å²) in [6.07, 6.45) is 0.924. The van der Waals surface area contributed by atoms with E-state index in [2.05, 4.69) is 11.9 Å². The van der Waals surface area contributed by atoms with Crippen LogP contribution in [0.4, 0.5) is 5.69 Å². The molecule has 0 saturated carbocycles. The third-order valence-electron chi connectivity index (χ3n) is 3.20. The maximum atomic E-state index is 6.26. The molecular weight excluding hydrogens is 216 g/mol. The van der Waals surface area contributed by atoms with Crippen LogP contribution in [-0.4, -0.2) is 39.5 Å². The first-order chi connectivity index (χ1) is 8.13. The third kappa shape index (κ3) is 2.90. The van der Waals surface area contributed by atoms with Crippen LogP contribution in [0.5, 0.6) is 5.75 Å². The van der Waals surface area contributed by atoms with Crippen molar-refractivity contribution in [3.05, 3.63) is 24.3 Å². The van der Waals surface area contributed by atoms with Gasteiger partial charge in [-0.2, -0.15) is 0 Å². The predicted molar refractivity (Wildman–Crippen MR) is 68.6 cm³/mol. The highest BCUT2D eigenvalue weighted by Gasteiger charge is 2.31. The molecule has 1 fully saturated rings. The van der Waals surface area contributed by atoms with Crippen LogP contribution < -0.4 is 15.4 Å². The Morgan fingerprint density at radius 3 is 2.65 bits per heavy atom. The fourth-order valence-corrected chi connectivity index (χ4v) is 2.15. The maximum Gasteiger partial charge on any atom is 0.119 e. The number of nitrogens with zero attached hydrogens (tertiary/aromatic N) is 1. The fraction of sp³-hybridized carbons (Fsp3) is 0.538. The highest BCUT2D eigenvalue weighted by molar-refractivity contribution is 5.48. The lowest BCUT2D eigenvalue weighted by Gasteiger charge is -2.30. The number of benzene rings is 1. The van der Waals surface area contributed by atoms with Gasteiger partial charge in [0, 0.05) is 25.9 Å². The number of ether oxygens (including phenoxy) is 2. The van der Waals surface area contributed by atoms with Crippen molar-refractivity contribution in [2.24, 2.45) is 5.73 Å². The molecule has 1 aliphatic heterocycles. The van der Waals surface area contributed by atoms with Gasteiger partial charge in [-0.15, -0.1) is 0 Å². The smallest absolute Gasteiger partial charge is 0.119 e. The summed E-state index contributed by atoms with van der Waals surface area (Å²) in [4.78, 5) is 2.16. The molecule has 1 aromatic carbocycles. The van der Waals surface area contributed by atoms with Crippen LogP contribution in [0.1, 0.15) is 6.42 Å². The van der Waals surface area contributed by atoms with E-state index in [4.69, 9.17) is 15.2 Å². The van der Waals surface area contributed by atoms with Gasteiger partial charge in [-0.25, -0.2) is 0 Å². The Balaban J connectivity index is 2.01. The molecule has 1 unspecified atom stereocenters. The lowest BCUT2D eigenvalue weighted by Crippen LogP contribution is -2.50. The van der Waals surface area contributed by atoms with Crippen LogP contribution >= 0.6 is 0 Å². The van der Waals surface area contributed by atoms with Crippen molar-refractivity contribution >= 4 is 5.69 Å². The van der Waals surface area contributed by atoms with E-state index in [1.54, 1.807) is 7.11 Å². The standard InChI is InChI=1S/C13H20N2O2/c1-15(9-13(14)7-8-17-10-13)11-3-5-12(16-2)6-4-11/h3-6H,7-10,14H2,1-2H3. The molecule has 1 atom stereocenters. The Kier molecular flexibility index (Phi) is 3.54. The number of anilines is 1. The second-order valence-electron chi connectivity index (χ2n) is 4.72. The predicted octanol–water partition coefficient (Wildman–Crippen LogP) is 1.25. The minimum absolute atomic E-state index is 0.214. The molecule has 2 rings (SSSR count). The van der Waals surface area contributed by atoms with E-state index in [0.717, 1.165) is 31.0 Å². The second-order valence-corrected chi connectivity index (χ2v) is 4.72. The first-order valence-electron chi connectivity index (χ1n) is 5.85. The summed E-state index contributed by atoms with van der Waals surface area (Å²) in [6, 6.07) is 8.00. The molecule has 0 radical (unpaired) electrons. The van der Waals surface area contributed by atoms with Gasteiger partial charge in [0.05, 0.1) is 19.3 Å². The van der Waals surface area contributed by atoms with Crippen molar-refractivity contribution in [3.63, 3.8) is 0 Å². The van der Waals surface area contributed by atoms with Gasteiger partial charge in [0.25, 0.3) is 0 Å². The number of hydrogen-bond donors (Lipinski definition) is 1. The van der Waals surface area contributed by atoms with Gasteiger partial charge in [0.2, 0.25) is 0 Å². The topological polar surface area (TPSA) is 47.7 Å². The van der Waals surface area contributed by atoms with Crippen LogP contribution in [-0.2, 0) is 4.74 Å². The van der Waals surface area contributed by atoms with Crippen molar-refractivity contribution in [3.8, 4) is 5.75 Å². The van der Waals surface area contributed by atoms with Gasteiger partial charge in [-0.3, -0.25) is 0 Å². The molecule has 0 bridgehead atoms.